The van der Waals surface area contributed by atoms with Crippen LogP contribution in [0.25, 0.3) is 17.0 Å². The second kappa shape index (κ2) is 9.23. The van der Waals surface area contributed by atoms with Gasteiger partial charge >= 0.3 is 0 Å². The zero-order valence-electron chi connectivity index (χ0n) is 18.5. The summed E-state index contributed by atoms with van der Waals surface area (Å²) in [6.07, 6.45) is 3.96. The Morgan fingerprint density at radius 1 is 1.00 bits per heavy atom. The zero-order valence-corrected chi connectivity index (χ0v) is 21.7. The molecule has 0 N–H and O–H groups in total. The van der Waals surface area contributed by atoms with Crippen molar-refractivity contribution in [3.05, 3.63) is 104 Å². The normalized spacial score (nSPS) is 15.2. The SMILES string of the molecule is Cc1ccc(N2C(=O)/C(=C\c3cn(Cc4c(Cl)cccc4Cl)c4ccccc34)SC2=S)c(C)c1. The van der Waals surface area contributed by atoms with Gasteiger partial charge in [0, 0.05) is 38.3 Å². The molecule has 170 valence electrons. The molecule has 0 saturated carbocycles. The number of para-hydroxylation sites is 1. The van der Waals surface area contributed by atoms with E-state index in [9.17, 15) is 4.79 Å². The number of fused-ring (bicyclic) bond motifs is 1. The fraction of sp³-hybridized carbons (Fsp3) is 0.111. The molecular weight excluding hydrogens is 503 g/mol. The number of hydrogen-bond acceptors (Lipinski definition) is 3. The molecule has 0 spiro atoms. The number of hydrogen-bond donors (Lipinski definition) is 0. The largest absolute Gasteiger partial charge is 0.342 e. The van der Waals surface area contributed by atoms with E-state index in [0.29, 0.717) is 25.8 Å². The van der Waals surface area contributed by atoms with Gasteiger partial charge in [0.1, 0.15) is 0 Å². The first-order valence-electron chi connectivity index (χ1n) is 10.7. The number of rotatable bonds is 4. The quantitative estimate of drug-likeness (QED) is 0.200. The van der Waals surface area contributed by atoms with E-state index in [1.807, 2.05) is 68.6 Å². The van der Waals surface area contributed by atoms with Gasteiger partial charge in [0.2, 0.25) is 0 Å². The topological polar surface area (TPSA) is 25.2 Å². The molecule has 1 saturated heterocycles. The van der Waals surface area contributed by atoms with Crippen molar-refractivity contribution in [2.75, 3.05) is 4.90 Å². The van der Waals surface area contributed by atoms with Crippen molar-refractivity contribution in [3.8, 4) is 0 Å². The van der Waals surface area contributed by atoms with Crippen LogP contribution in [-0.2, 0) is 11.3 Å². The molecule has 1 aliphatic heterocycles. The molecule has 0 aliphatic carbocycles. The molecule has 1 amide bonds. The Labute approximate surface area is 218 Å². The molecule has 0 radical (unpaired) electrons. The second-order valence-electron chi connectivity index (χ2n) is 8.24. The number of anilines is 1. The summed E-state index contributed by atoms with van der Waals surface area (Å²) in [7, 11) is 0. The van der Waals surface area contributed by atoms with E-state index in [-0.39, 0.29) is 5.91 Å². The van der Waals surface area contributed by atoms with Crippen molar-refractivity contribution >= 4 is 80.1 Å². The number of aromatic nitrogens is 1. The molecular formula is C27H20Cl2N2OS2. The number of aryl methyl sites for hydroxylation is 2. The van der Waals surface area contributed by atoms with Crippen molar-refractivity contribution in [2.24, 2.45) is 0 Å². The Hall–Kier alpha value is -2.57. The molecule has 7 heteroatoms. The third kappa shape index (κ3) is 4.18. The van der Waals surface area contributed by atoms with Crippen LogP contribution in [0.2, 0.25) is 10.0 Å². The van der Waals surface area contributed by atoms with Crippen molar-refractivity contribution < 1.29 is 4.79 Å². The van der Waals surface area contributed by atoms with Gasteiger partial charge in [-0.15, -0.1) is 0 Å². The fourth-order valence-electron chi connectivity index (χ4n) is 4.25. The third-order valence-electron chi connectivity index (χ3n) is 5.88. The highest BCUT2D eigenvalue weighted by molar-refractivity contribution is 8.27. The zero-order chi connectivity index (χ0) is 24.0. The van der Waals surface area contributed by atoms with E-state index in [4.69, 9.17) is 35.4 Å². The number of thiocarbonyl (C=S) groups is 1. The number of carbonyl (C=O) groups excluding carboxylic acids is 1. The standard InChI is InChI=1S/C27H20Cl2N2OS2/c1-16-10-11-23(17(2)12-16)31-26(32)25(34-27(31)33)13-18-14-30(24-9-4-3-6-19(18)24)15-20-21(28)7-5-8-22(20)29/h3-14H,15H2,1-2H3/b25-13+. The predicted molar refractivity (Wildman–Crippen MR) is 149 cm³/mol. The maximum atomic E-state index is 13.4. The van der Waals surface area contributed by atoms with Gasteiger partial charge in [0.25, 0.3) is 5.91 Å². The first-order valence-corrected chi connectivity index (χ1v) is 12.7. The van der Waals surface area contributed by atoms with Crippen LogP contribution in [0, 0.1) is 13.8 Å². The molecule has 1 aliphatic rings. The molecule has 3 nitrogen and oxygen atoms in total. The van der Waals surface area contributed by atoms with Gasteiger partial charge in [-0.05, 0) is 49.8 Å². The van der Waals surface area contributed by atoms with Crippen LogP contribution in [-0.4, -0.2) is 14.8 Å². The van der Waals surface area contributed by atoms with E-state index >= 15 is 0 Å². The van der Waals surface area contributed by atoms with E-state index < -0.39 is 0 Å². The van der Waals surface area contributed by atoms with Gasteiger partial charge in [-0.2, -0.15) is 0 Å². The molecule has 1 aromatic heterocycles. The van der Waals surface area contributed by atoms with Gasteiger partial charge in [0.15, 0.2) is 4.32 Å². The summed E-state index contributed by atoms with van der Waals surface area (Å²) < 4.78 is 2.65. The number of halogens is 2. The molecule has 0 bridgehead atoms. The van der Waals surface area contributed by atoms with Crippen LogP contribution in [0.5, 0.6) is 0 Å². The Balaban J connectivity index is 1.55. The van der Waals surface area contributed by atoms with Crippen LogP contribution in [0.15, 0.2) is 71.8 Å². The van der Waals surface area contributed by atoms with Crippen molar-refractivity contribution in [1.29, 1.82) is 0 Å². The summed E-state index contributed by atoms with van der Waals surface area (Å²) in [5.41, 5.74) is 5.83. The highest BCUT2D eigenvalue weighted by Crippen LogP contribution is 2.38. The Kier molecular flexibility index (Phi) is 6.30. The van der Waals surface area contributed by atoms with Crippen molar-refractivity contribution in [2.45, 2.75) is 20.4 Å². The number of carbonyl (C=O) groups is 1. The van der Waals surface area contributed by atoms with Crippen molar-refractivity contribution in [1.82, 2.24) is 4.57 Å². The summed E-state index contributed by atoms with van der Waals surface area (Å²) in [4.78, 5) is 15.6. The lowest BCUT2D eigenvalue weighted by atomic mass is 10.1. The van der Waals surface area contributed by atoms with Crippen molar-refractivity contribution in [3.63, 3.8) is 0 Å². The molecule has 0 atom stereocenters. The minimum absolute atomic E-state index is 0.104. The van der Waals surface area contributed by atoms with E-state index in [1.54, 1.807) is 4.90 Å². The van der Waals surface area contributed by atoms with Crippen LogP contribution in [0.4, 0.5) is 5.69 Å². The molecule has 0 unspecified atom stereocenters. The summed E-state index contributed by atoms with van der Waals surface area (Å²) in [6, 6.07) is 19.6. The predicted octanol–water partition coefficient (Wildman–Crippen LogP) is 8.02. The first kappa shape index (κ1) is 23.2. The summed E-state index contributed by atoms with van der Waals surface area (Å²) >= 11 is 19.8. The third-order valence-corrected chi connectivity index (χ3v) is 7.89. The highest BCUT2D eigenvalue weighted by atomic mass is 35.5. The molecule has 5 rings (SSSR count). The molecule has 1 fully saturated rings. The lowest BCUT2D eigenvalue weighted by Gasteiger charge is -2.17. The van der Waals surface area contributed by atoms with Gasteiger partial charge in [-0.3, -0.25) is 9.69 Å². The molecule has 3 aromatic carbocycles. The average Bonchev–Trinajstić information content (AvgIpc) is 3.28. The number of nitrogens with zero attached hydrogens (tertiary/aromatic N) is 2. The number of thioether (sulfide) groups is 1. The van der Waals surface area contributed by atoms with Crippen LogP contribution >= 0.6 is 47.2 Å². The lowest BCUT2D eigenvalue weighted by molar-refractivity contribution is -0.113. The molecule has 34 heavy (non-hydrogen) atoms. The van der Waals surface area contributed by atoms with E-state index in [0.717, 1.165) is 38.8 Å². The first-order chi connectivity index (χ1) is 16.3. The number of benzene rings is 3. The summed E-state index contributed by atoms with van der Waals surface area (Å²) in [6.45, 7) is 4.56. The van der Waals surface area contributed by atoms with Crippen LogP contribution < -0.4 is 4.90 Å². The van der Waals surface area contributed by atoms with E-state index in [2.05, 4.69) is 22.8 Å². The smallest absolute Gasteiger partial charge is 0.270 e. The maximum Gasteiger partial charge on any atom is 0.270 e. The maximum absolute atomic E-state index is 13.4. The Morgan fingerprint density at radius 2 is 1.74 bits per heavy atom. The molecule has 4 aromatic rings. The minimum atomic E-state index is -0.104. The minimum Gasteiger partial charge on any atom is -0.342 e. The lowest BCUT2D eigenvalue weighted by Crippen LogP contribution is -2.28. The van der Waals surface area contributed by atoms with Gasteiger partial charge in [-0.1, -0.05) is 89.1 Å². The van der Waals surface area contributed by atoms with E-state index in [1.165, 1.54) is 11.8 Å². The fourth-order valence-corrected chi connectivity index (χ4v) is 6.04. The van der Waals surface area contributed by atoms with Gasteiger partial charge in [0.05, 0.1) is 17.1 Å². The Bertz CT molecular complexity index is 1490. The average molecular weight is 524 g/mol. The monoisotopic (exact) mass is 522 g/mol. The van der Waals surface area contributed by atoms with Crippen LogP contribution in [0.1, 0.15) is 22.3 Å². The highest BCUT2D eigenvalue weighted by Gasteiger charge is 2.34. The summed E-state index contributed by atoms with van der Waals surface area (Å²) in [5, 5.41) is 2.30. The summed E-state index contributed by atoms with van der Waals surface area (Å²) in [5.74, 6) is -0.104. The number of amides is 1. The molecule has 2 heterocycles. The van der Waals surface area contributed by atoms with Gasteiger partial charge in [-0.25, -0.2) is 0 Å². The second-order valence-corrected chi connectivity index (χ2v) is 10.7. The Morgan fingerprint density at radius 3 is 2.47 bits per heavy atom. The van der Waals surface area contributed by atoms with Gasteiger partial charge < -0.3 is 4.57 Å². The van der Waals surface area contributed by atoms with Crippen LogP contribution in [0.3, 0.4) is 0 Å².